The van der Waals surface area contributed by atoms with E-state index >= 15 is 0 Å². The Morgan fingerprint density at radius 1 is 1.32 bits per heavy atom. The van der Waals surface area contributed by atoms with Gasteiger partial charge in [0.15, 0.2) is 0 Å². The molecule has 0 spiro atoms. The molecule has 0 bridgehead atoms. The van der Waals surface area contributed by atoms with E-state index in [1.165, 1.54) is 12.8 Å². The van der Waals surface area contributed by atoms with Crippen LogP contribution < -0.4 is 15.0 Å². The van der Waals surface area contributed by atoms with Gasteiger partial charge in [-0.3, -0.25) is 4.90 Å². The van der Waals surface area contributed by atoms with Crippen molar-refractivity contribution in [2.45, 2.75) is 44.7 Å². The minimum absolute atomic E-state index is 0.00940. The number of hydrogen-bond donors (Lipinski definition) is 1. The van der Waals surface area contributed by atoms with Crippen molar-refractivity contribution >= 4 is 11.7 Å². The van der Waals surface area contributed by atoms with Crippen LogP contribution in [0.25, 0.3) is 0 Å². The van der Waals surface area contributed by atoms with Crippen molar-refractivity contribution < 1.29 is 9.53 Å². The summed E-state index contributed by atoms with van der Waals surface area (Å²) in [6.07, 6.45) is 4.65. The molecule has 1 atom stereocenters. The average molecular weight is 260 g/mol. The highest BCUT2D eigenvalue weighted by atomic mass is 16.5. The van der Waals surface area contributed by atoms with E-state index in [9.17, 15) is 4.79 Å². The van der Waals surface area contributed by atoms with Crippen LogP contribution >= 0.6 is 0 Å². The van der Waals surface area contributed by atoms with Crippen LogP contribution in [0.5, 0.6) is 5.75 Å². The molecule has 1 aromatic carbocycles. The lowest BCUT2D eigenvalue weighted by Crippen LogP contribution is -2.51. The number of benzene rings is 1. The van der Waals surface area contributed by atoms with E-state index in [0.717, 1.165) is 24.3 Å². The van der Waals surface area contributed by atoms with Crippen LogP contribution in [-0.2, 0) is 0 Å². The lowest BCUT2D eigenvalue weighted by atomic mass is 10.2. The lowest BCUT2D eigenvalue weighted by Gasteiger charge is -2.35. The molecule has 102 valence electrons. The Balaban J connectivity index is 1.80. The number of anilines is 1. The molecule has 2 aliphatic rings. The minimum atomic E-state index is 0.00940. The summed E-state index contributed by atoms with van der Waals surface area (Å²) in [6, 6.07) is 8.15. The summed E-state index contributed by atoms with van der Waals surface area (Å²) in [4.78, 5) is 14.3. The maximum absolute atomic E-state index is 12.5. The van der Waals surface area contributed by atoms with E-state index in [2.05, 4.69) is 5.32 Å². The van der Waals surface area contributed by atoms with Crippen LogP contribution in [0.4, 0.5) is 10.5 Å². The van der Waals surface area contributed by atoms with Crippen LogP contribution in [0.15, 0.2) is 24.3 Å². The smallest absolute Gasteiger partial charge is 0.322 e. The van der Waals surface area contributed by atoms with Gasteiger partial charge in [-0.1, -0.05) is 25.0 Å². The first-order chi connectivity index (χ1) is 9.25. The van der Waals surface area contributed by atoms with E-state index in [1.807, 2.05) is 36.1 Å². The summed E-state index contributed by atoms with van der Waals surface area (Å²) in [7, 11) is 0. The number of rotatable bonds is 1. The normalized spacial score (nSPS) is 22.8. The predicted octanol–water partition coefficient (Wildman–Crippen LogP) is 2.93. The minimum Gasteiger partial charge on any atom is -0.489 e. The van der Waals surface area contributed by atoms with Gasteiger partial charge in [0.05, 0.1) is 11.7 Å². The second kappa shape index (κ2) is 5.11. The number of nitrogens with one attached hydrogen (secondary N) is 1. The van der Waals surface area contributed by atoms with E-state index in [1.54, 1.807) is 0 Å². The molecule has 0 aromatic heterocycles. The SMILES string of the molecule is CC1COc2ccccc2N1C(=O)NC1CCCC1. The summed E-state index contributed by atoms with van der Waals surface area (Å²) >= 11 is 0. The maximum Gasteiger partial charge on any atom is 0.322 e. The predicted molar refractivity (Wildman–Crippen MR) is 74.7 cm³/mol. The largest absolute Gasteiger partial charge is 0.489 e. The van der Waals surface area contributed by atoms with Gasteiger partial charge in [0.2, 0.25) is 0 Å². The van der Waals surface area contributed by atoms with Gasteiger partial charge < -0.3 is 10.1 Å². The molecular formula is C15H20N2O2. The molecule has 3 rings (SSSR count). The highest BCUT2D eigenvalue weighted by Gasteiger charge is 2.30. The Morgan fingerprint density at radius 3 is 2.84 bits per heavy atom. The number of ether oxygens (including phenoxy) is 1. The zero-order valence-electron chi connectivity index (χ0n) is 11.3. The second-order valence-corrected chi connectivity index (χ2v) is 5.43. The van der Waals surface area contributed by atoms with E-state index in [0.29, 0.717) is 12.6 Å². The van der Waals surface area contributed by atoms with Crippen molar-refractivity contribution in [3.63, 3.8) is 0 Å². The highest BCUT2D eigenvalue weighted by Crippen LogP contribution is 2.33. The fraction of sp³-hybridized carbons (Fsp3) is 0.533. The molecule has 1 unspecified atom stereocenters. The maximum atomic E-state index is 12.5. The first kappa shape index (κ1) is 12.3. The molecule has 0 saturated heterocycles. The van der Waals surface area contributed by atoms with Crippen molar-refractivity contribution in [2.75, 3.05) is 11.5 Å². The Bertz CT molecular complexity index is 469. The molecule has 1 heterocycles. The molecule has 0 radical (unpaired) electrons. The van der Waals surface area contributed by atoms with Crippen molar-refractivity contribution in [2.24, 2.45) is 0 Å². The fourth-order valence-corrected chi connectivity index (χ4v) is 2.92. The van der Waals surface area contributed by atoms with Gasteiger partial charge >= 0.3 is 6.03 Å². The first-order valence-corrected chi connectivity index (χ1v) is 7.07. The van der Waals surface area contributed by atoms with Gasteiger partial charge in [0, 0.05) is 6.04 Å². The third kappa shape index (κ3) is 2.39. The van der Waals surface area contributed by atoms with E-state index in [-0.39, 0.29) is 12.1 Å². The molecule has 1 aliphatic heterocycles. The molecule has 1 saturated carbocycles. The van der Waals surface area contributed by atoms with Crippen LogP contribution in [0, 0.1) is 0 Å². The number of carbonyl (C=O) groups is 1. The fourth-order valence-electron chi connectivity index (χ4n) is 2.92. The standard InChI is InChI=1S/C15H20N2O2/c1-11-10-19-14-9-5-4-8-13(14)17(11)15(18)16-12-6-2-3-7-12/h4-5,8-9,11-12H,2-3,6-7,10H2,1H3,(H,16,18). The van der Waals surface area contributed by atoms with Gasteiger partial charge in [0.25, 0.3) is 0 Å². The highest BCUT2D eigenvalue weighted by molar-refractivity contribution is 5.94. The summed E-state index contributed by atoms with van der Waals surface area (Å²) in [5.41, 5.74) is 0.872. The third-order valence-electron chi connectivity index (χ3n) is 3.95. The topological polar surface area (TPSA) is 41.6 Å². The summed E-state index contributed by atoms with van der Waals surface area (Å²) in [5.74, 6) is 0.794. The van der Waals surface area contributed by atoms with E-state index < -0.39 is 0 Å². The number of hydrogen-bond acceptors (Lipinski definition) is 2. The van der Waals surface area contributed by atoms with Crippen molar-refractivity contribution in [1.29, 1.82) is 0 Å². The molecule has 2 amide bonds. The molecule has 4 heteroatoms. The number of para-hydroxylation sites is 2. The molecular weight excluding hydrogens is 240 g/mol. The number of nitrogens with zero attached hydrogens (tertiary/aromatic N) is 1. The van der Waals surface area contributed by atoms with Crippen LogP contribution in [0.1, 0.15) is 32.6 Å². The van der Waals surface area contributed by atoms with Gasteiger partial charge in [0.1, 0.15) is 12.4 Å². The monoisotopic (exact) mass is 260 g/mol. The zero-order valence-corrected chi connectivity index (χ0v) is 11.3. The van der Waals surface area contributed by atoms with Crippen molar-refractivity contribution in [1.82, 2.24) is 5.32 Å². The second-order valence-electron chi connectivity index (χ2n) is 5.43. The molecule has 1 N–H and O–H groups in total. The summed E-state index contributed by atoms with van der Waals surface area (Å²) in [6.45, 7) is 2.57. The third-order valence-corrected chi connectivity index (χ3v) is 3.95. The first-order valence-electron chi connectivity index (χ1n) is 7.07. The molecule has 1 aliphatic carbocycles. The Labute approximate surface area is 113 Å². The number of urea groups is 1. The zero-order chi connectivity index (χ0) is 13.2. The van der Waals surface area contributed by atoms with Gasteiger partial charge in [-0.2, -0.15) is 0 Å². The van der Waals surface area contributed by atoms with Gasteiger partial charge in [-0.25, -0.2) is 4.79 Å². The number of carbonyl (C=O) groups excluding carboxylic acids is 1. The number of fused-ring (bicyclic) bond motifs is 1. The van der Waals surface area contributed by atoms with Crippen molar-refractivity contribution in [3.05, 3.63) is 24.3 Å². The Hall–Kier alpha value is -1.71. The average Bonchev–Trinajstić information content (AvgIpc) is 2.91. The Morgan fingerprint density at radius 2 is 2.05 bits per heavy atom. The quantitative estimate of drug-likeness (QED) is 0.843. The van der Waals surface area contributed by atoms with Crippen LogP contribution in [-0.4, -0.2) is 24.7 Å². The van der Waals surface area contributed by atoms with Crippen molar-refractivity contribution in [3.8, 4) is 5.75 Å². The number of amides is 2. The summed E-state index contributed by atoms with van der Waals surface area (Å²) < 4.78 is 5.66. The Kier molecular flexibility index (Phi) is 3.32. The van der Waals surface area contributed by atoms with Crippen LogP contribution in [0.2, 0.25) is 0 Å². The summed E-state index contributed by atoms with van der Waals surface area (Å²) in [5, 5.41) is 3.15. The molecule has 19 heavy (non-hydrogen) atoms. The van der Waals surface area contributed by atoms with Crippen LogP contribution in [0.3, 0.4) is 0 Å². The van der Waals surface area contributed by atoms with Gasteiger partial charge in [-0.05, 0) is 31.9 Å². The van der Waals surface area contributed by atoms with Gasteiger partial charge in [-0.15, -0.1) is 0 Å². The van der Waals surface area contributed by atoms with E-state index in [4.69, 9.17) is 4.74 Å². The lowest BCUT2D eigenvalue weighted by molar-refractivity contribution is 0.227. The molecule has 1 fully saturated rings. The molecule has 4 nitrogen and oxygen atoms in total. The molecule has 1 aromatic rings.